The van der Waals surface area contributed by atoms with E-state index in [0.29, 0.717) is 6.61 Å². The molecule has 14 heavy (non-hydrogen) atoms. The zero-order valence-electron chi connectivity index (χ0n) is 8.66. The molecule has 0 unspecified atom stereocenters. The molecule has 0 N–H and O–H groups in total. The number of esters is 1. The highest BCUT2D eigenvalue weighted by molar-refractivity contribution is 5.65. The van der Waals surface area contributed by atoms with Crippen LogP contribution in [0.25, 0.3) is 0 Å². The van der Waals surface area contributed by atoms with Gasteiger partial charge in [0, 0.05) is 6.92 Å². The third kappa shape index (κ3) is 2.76. The average molecular weight is 194 g/mol. The number of methoxy groups -OCH3 is 1. The van der Waals surface area contributed by atoms with E-state index in [1.807, 2.05) is 25.1 Å². The molecule has 0 heterocycles. The van der Waals surface area contributed by atoms with Crippen LogP contribution in [0, 0.1) is 6.92 Å². The van der Waals surface area contributed by atoms with Gasteiger partial charge in [0.25, 0.3) is 0 Å². The third-order valence-corrected chi connectivity index (χ3v) is 1.91. The molecule has 0 aliphatic carbocycles. The SMILES string of the molecule is COc1cc(COC(C)=O)ccc1C. The minimum atomic E-state index is -0.274. The summed E-state index contributed by atoms with van der Waals surface area (Å²) in [6.45, 7) is 3.66. The van der Waals surface area contributed by atoms with Crippen LogP contribution in [0.3, 0.4) is 0 Å². The number of carbonyl (C=O) groups excluding carboxylic acids is 1. The van der Waals surface area contributed by atoms with Crippen LogP contribution in [-0.4, -0.2) is 13.1 Å². The fourth-order valence-electron chi connectivity index (χ4n) is 1.14. The minimum absolute atomic E-state index is 0.274. The number of hydrogen-bond acceptors (Lipinski definition) is 3. The standard InChI is InChI=1S/C11H14O3/c1-8-4-5-10(6-11(8)13-3)7-14-9(2)12/h4-6H,7H2,1-3H3. The number of hydrogen-bond donors (Lipinski definition) is 0. The van der Waals surface area contributed by atoms with E-state index in [2.05, 4.69) is 0 Å². The molecular weight excluding hydrogens is 180 g/mol. The summed E-state index contributed by atoms with van der Waals surface area (Å²) >= 11 is 0. The first-order valence-corrected chi connectivity index (χ1v) is 4.40. The van der Waals surface area contributed by atoms with Crippen molar-refractivity contribution in [2.24, 2.45) is 0 Å². The highest BCUT2D eigenvalue weighted by Crippen LogP contribution is 2.19. The Morgan fingerprint density at radius 1 is 1.43 bits per heavy atom. The van der Waals surface area contributed by atoms with Gasteiger partial charge in [0.15, 0.2) is 0 Å². The second-order valence-electron chi connectivity index (χ2n) is 3.08. The van der Waals surface area contributed by atoms with E-state index in [1.54, 1.807) is 7.11 Å². The summed E-state index contributed by atoms with van der Waals surface area (Å²) in [6, 6.07) is 5.73. The second kappa shape index (κ2) is 4.65. The fourth-order valence-corrected chi connectivity index (χ4v) is 1.14. The van der Waals surface area contributed by atoms with Gasteiger partial charge < -0.3 is 9.47 Å². The number of ether oxygens (including phenoxy) is 2. The Morgan fingerprint density at radius 3 is 2.71 bits per heavy atom. The zero-order valence-corrected chi connectivity index (χ0v) is 8.66. The lowest BCUT2D eigenvalue weighted by Crippen LogP contribution is -1.99. The maximum Gasteiger partial charge on any atom is 0.302 e. The summed E-state index contributed by atoms with van der Waals surface area (Å²) in [7, 11) is 1.62. The number of aryl methyl sites for hydroxylation is 1. The van der Waals surface area contributed by atoms with E-state index in [1.165, 1.54) is 6.92 Å². The summed E-state index contributed by atoms with van der Waals surface area (Å²) < 4.78 is 10.0. The van der Waals surface area contributed by atoms with Gasteiger partial charge >= 0.3 is 5.97 Å². The van der Waals surface area contributed by atoms with Gasteiger partial charge in [-0.05, 0) is 24.1 Å². The molecule has 0 aliphatic heterocycles. The summed E-state index contributed by atoms with van der Waals surface area (Å²) in [4.78, 5) is 10.6. The summed E-state index contributed by atoms with van der Waals surface area (Å²) in [5, 5.41) is 0. The Labute approximate surface area is 83.6 Å². The molecule has 1 aromatic carbocycles. The highest BCUT2D eigenvalue weighted by Gasteiger charge is 2.01. The van der Waals surface area contributed by atoms with Gasteiger partial charge in [-0.25, -0.2) is 0 Å². The largest absolute Gasteiger partial charge is 0.496 e. The molecule has 0 spiro atoms. The molecule has 0 radical (unpaired) electrons. The molecule has 3 heteroatoms. The number of benzene rings is 1. The first-order chi connectivity index (χ1) is 6.63. The first kappa shape index (κ1) is 10.6. The monoisotopic (exact) mass is 194 g/mol. The van der Waals surface area contributed by atoms with E-state index in [0.717, 1.165) is 16.9 Å². The zero-order chi connectivity index (χ0) is 10.6. The van der Waals surface area contributed by atoms with Crippen LogP contribution in [0.5, 0.6) is 5.75 Å². The van der Waals surface area contributed by atoms with Crippen LogP contribution < -0.4 is 4.74 Å². The minimum Gasteiger partial charge on any atom is -0.496 e. The van der Waals surface area contributed by atoms with Gasteiger partial charge in [0.05, 0.1) is 7.11 Å². The Balaban J connectivity index is 2.74. The predicted octanol–water partition coefficient (Wildman–Crippen LogP) is 2.07. The molecule has 0 fully saturated rings. The Bertz CT molecular complexity index is 331. The van der Waals surface area contributed by atoms with Gasteiger partial charge in [-0.15, -0.1) is 0 Å². The molecule has 0 saturated heterocycles. The van der Waals surface area contributed by atoms with Crippen LogP contribution in [-0.2, 0) is 16.1 Å². The summed E-state index contributed by atoms with van der Waals surface area (Å²) in [5.74, 6) is 0.541. The average Bonchev–Trinajstić information content (AvgIpc) is 2.16. The lowest BCUT2D eigenvalue weighted by atomic mass is 10.1. The van der Waals surface area contributed by atoms with E-state index >= 15 is 0 Å². The van der Waals surface area contributed by atoms with E-state index in [4.69, 9.17) is 9.47 Å². The van der Waals surface area contributed by atoms with Crippen LogP contribution >= 0.6 is 0 Å². The first-order valence-electron chi connectivity index (χ1n) is 4.40. The van der Waals surface area contributed by atoms with Crippen molar-refractivity contribution < 1.29 is 14.3 Å². The van der Waals surface area contributed by atoms with Crippen molar-refractivity contribution in [3.05, 3.63) is 29.3 Å². The van der Waals surface area contributed by atoms with Crippen molar-refractivity contribution in [2.75, 3.05) is 7.11 Å². The van der Waals surface area contributed by atoms with Gasteiger partial charge in [0.2, 0.25) is 0 Å². The van der Waals surface area contributed by atoms with Gasteiger partial charge in [0.1, 0.15) is 12.4 Å². The quantitative estimate of drug-likeness (QED) is 0.691. The van der Waals surface area contributed by atoms with E-state index in [9.17, 15) is 4.79 Å². The third-order valence-electron chi connectivity index (χ3n) is 1.91. The van der Waals surface area contributed by atoms with Crippen LogP contribution in [0.1, 0.15) is 18.1 Å². The predicted molar refractivity (Wildman–Crippen MR) is 53.2 cm³/mol. The Morgan fingerprint density at radius 2 is 2.14 bits per heavy atom. The topological polar surface area (TPSA) is 35.5 Å². The molecule has 1 aromatic rings. The van der Waals surface area contributed by atoms with Crippen molar-refractivity contribution in [2.45, 2.75) is 20.5 Å². The lowest BCUT2D eigenvalue weighted by molar-refractivity contribution is -0.142. The maximum atomic E-state index is 10.6. The van der Waals surface area contributed by atoms with Crippen molar-refractivity contribution >= 4 is 5.97 Å². The van der Waals surface area contributed by atoms with Crippen LogP contribution in [0.4, 0.5) is 0 Å². The highest BCUT2D eigenvalue weighted by atomic mass is 16.5. The molecule has 76 valence electrons. The van der Waals surface area contributed by atoms with Gasteiger partial charge in [-0.1, -0.05) is 12.1 Å². The normalized spacial score (nSPS) is 9.64. The van der Waals surface area contributed by atoms with E-state index in [-0.39, 0.29) is 5.97 Å². The molecule has 0 amide bonds. The Hall–Kier alpha value is -1.51. The van der Waals surface area contributed by atoms with E-state index < -0.39 is 0 Å². The molecule has 3 nitrogen and oxygen atoms in total. The summed E-state index contributed by atoms with van der Waals surface area (Å²) in [6.07, 6.45) is 0. The van der Waals surface area contributed by atoms with Crippen LogP contribution in [0.2, 0.25) is 0 Å². The molecule has 0 atom stereocenters. The summed E-state index contributed by atoms with van der Waals surface area (Å²) in [5.41, 5.74) is 2.00. The van der Waals surface area contributed by atoms with Crippen molar-refractivity contribution in [1.29, 1.82) is 0 Å². The second-order valence-corrected chi connectivity index (χ2v) is 3.08. The van der Waals surface area contributed by atoms with Gasteiger partial charge in [-0.2, -0.15) is 0 Å². The maximum absolute atomic E-state index is 10.6. The van der Waals surface area contributed by atoms with Gasteiger partial charge in [-0.3, -0.25) is 4.79 Å². The van der Waals surface area contributed by atoms with Crippen LogP contribution in [0.15, 0.2) is 18.2 Å². The molecule has 0 bridgehead atoms. The molecule has 0 aliphatic rings. The Kier molecular flexibility index (Phi) is 3.51. The fraction of sp³-hybridized carbons (Fsp3) is 0.364. The van der Waals surface area contributed by atoms with Crippen molar-refractivity contribution in [1.82, 2.24) is 0 Å². The smallest absolute Gasteiger partial charge is 0.302 e. The molecule has 0 aromatic heterocycles. The van der Waals surface area contributed by atoms with Crippen molar-refractivity contribution in [3.63, 3.8) is 0 Å². The lowest BCUT2D eigenvalue weighted by Gasteiger charge is -2.07. The van der Waals surface area contributed by atoms with Crippen molar-refractivity contribution in [3.8, 4) is 5.75 Å². The molecule has 0 saturated carbocycles. The number of rotatable bonds is 3. The molecule has 1 rings (SSSR count). The number of carbonyl (C=O) groups is 1. The molecular formula is C11H14O3.